The average Bonchev–Trinajstić information content (AvgIpc) is 2.99. The Kier molecular flexibility index (Phi) is 5.18. The number of carbonyl (C=O) groups excluding carboxylic acids is 1. The minimum atomic E-state index is -0.339. The molecule has 2 aromatic heterocycles. The maximum atomic E-state index is 11.5. The van der Waals surface area contributed by atoms with E-state index in [1.54, 1.807) is 19.3 Å². The molecule has 1 aliphatic carbocycles. The van der Waals surface area contributed by atoms with Gasteiger partial charge in [0, 0.05) is 24.0 Å². The van der Waals surface area contributed by atoms with Gasteiger partial charge in [-0.25, -0.2) is 0 Å². The first kappa shape index (κ1) is 17.0. The van der Waals surface area contributed by atoms with Gasteiger partial charge in [-0.1, -0.05) is 31.5 Å². The number of carbonyl (C=O) groups is 1. The van der Waals surface area contributed by atoms with Crippen LogP contribution in [-0.4, -0.2) is 30.9 Å². The van der Waals surface area contributed by atoms with Crippen molar-refractivity contribution in [2.45, 2.75) is 56.0 Å². The second kappa shape index (κ2) is 7.34. The minimum Gasteiger partial charge on any atom is -0.369 e. The van der Waals surface area contributed by atoms with Crippen molar-refractivity contribution in [2.75, 3.05) is 0 Å². The normalized spacial score (nSPS) is 22.2. The largest absolute Gasteiger partial charge is 0.369 e. The van der Waals surface area contributed by atoms with Crippen LogP contribution >= 0.6 is 11.8 Å². The molecule has 0 aromatic carbocycles. The molecule has 3 unspecified atom stereocenters. The zero-order chi connectivity index (χ0) is 17.1. The van der Waals surface area contributed by atoms with Crippen LogP contribution in [0.15, 0.2) is 29.7 Å². The van der Waals surface area contributed by atoms with Gasteiger partial charge in [0.15, 0.2) is 11.0 Å². The van der Waals surface area contributed by atoms with E-state index in [-0.39, 0.29) is 11.2 Å². The molecule has 2 aromatic rings. The number of aromatic nitrogens is 4. The molecule has 2 heterocycles. The van der Waals surface area contributed by atoms with Gasteiger partial charge in [0.25, 0.3) is 0 Å². The van der Waals surface area contributed by atoms with Gasteiger partial charge in [0.2, 0.25) is 5.91 Å². The second-order valence-electron chi connectivity index (χ2n) is 6.41. The molecule has 1 aliphatic rings. The highest BCUT2D eigenvalue weighted by Gasteiger charge is 2.29. The predicted octanol–water partition coefficient (Wildman–Crippen LogP) is 3.06. The first-order chi connectivity index (χ1) is 11.6. The zero-order valence-corrected chi connectivity index (χ0v) is 14.9. The van der Waals surface area contributed by atoms with E-state index in [4.69, 9.17) is 5.73 Å². The van der Waals surface area contributed by atoms with Crippen LogP contribution in [0.25, 0.3) is 11.4 Å². The first-order valence-corrected chi connectivity index (χ1v) is 9.27. The quantitative estimate of drug-likeness (QED) is 0.842. The van der Waals surface area contributed by atoms with Crippen molar-refractivity contribution in [3.05, 3.63) is 24.5 Å². The number of nitrogens with two attached hydrogens (primary N) is 1. The van der Waals surface area contributed by atoms with Crippen LogP contribution in [0.4, 0.5) is 0 Å². The maximum absolute atomic E-state index is 11.5. The molecule has 0 radical (unpaired) electrons. The van der Waals surface area contributed by atoms with Crippen LogP contribution < -0.4 is 5.73 Å². The summed E-state index contributed by atoms with van der Waals surface area (Å²) < 4.78 is 2.20. The van der Waals surface area contributed by atoms with E-state index >= 15 is 0 Å². The summed E-state index contributed by atoms with van der Waals surface area (Å²) in [6.45, 7) is 4.09. The fourth-order valence-electron chi connectivity index (χ4n) is 3.24. The lowest BCUT2D eigenvalue weighted by atomic mass is 9.85. The fraction of sp³-hybridized carbons (Fsp3) is 0.529. The monoisotopic (exact) mass is 345 g/mol. The Labute approximate surface area is 146 Å². The molecular weight excluding hydrogens is 322 g/mol. The number of rotatable bonds is 5. The summed E-state index contributed by atoms with van der Waals surface area (Å²) in [4.78, 5) is 15.7. The van der Waals surface area contributed by atoms with Crippen LogP contribution in [-0.2, 0) is 4.79 Å². The van der Waals surface area contributed by atoms with Gasteiger partial charge in [0.05, 0.1) is 5.25 Å². The Bertz CT molecular complexity index is 702. The Morgan fingerprint density at radius 1 is 1.38 bits per heavy atom. The summed E-state index contributed by atoms with van der Waals surface area (Å²) in [6.07, 6.45) is 8.32. The van der Waals surface area contributed by atoms with Crippen molar-refractivity contribution in [3.63, 3.8) is 0 Å². The van der Waals surface area contributed by atoms with Crippen LogP contribution in [0.5, 0.6) is 0 Å². The first-order valence-electron chi connectivity index (χ1n) is 8.39. The predicted molar refractivity (Wildman–Crippen MR) is 94.4 cm³/mol. The maximum Gasteiger partial charge on any atom is 0.230 e. The molecule has 6 nitrogen and oxygen atoms in total. The molecule has 0 bridgehead atoms. The second-order valence-corrected chi connectivity index (χ2v) is 7.72. The van der Waals surface area contributed by atoms with E-state index in [1.165, 1.54) is 31.0 Å². The summed E-state index contributed by atoms with van der Waals surface area (Å²) >= 11 is 1.38. The van der Waals surface area contributed by atoms with Crippen molar-refractivity contribution in [3.8, 4) is 11.4 Å². The number of pyridine rings is 1. The van der Waals surface area contributed by atoms with Crippen molar-refractivity contribution < 1.29 is 4.79 Å². The van der Waals surface area contributed by atoms with Gasteiger partial charge in [-0.15, -0.1) is 10.2 Å². The van der Waals surface area contributed by atoms with Crippen molar-refractivity contribution >= 4 is 17.7 Å². The number of hydrogen-bond acceptors (Lipinski definition) is 5. The molecule has 0 aliphatic heterocycles. The number of primary amides is 1. The molecule has 1 amide bonds. The van der Waals surface area contributed by atoms with Crippen LogP contribution in [0.2, 0.25) is 0 Å². The molecule has 2 N–H and O–H groups in total. The standard InChI is InChI=1S/C17H23N5OS/c1-11-6-3-4-8-14(11)22-16(13-7-5-9-19-10-13)20-21-17(22)24-12(2)15(18)23/h5,7,9-12,14H,3-4,6,8H2,1-2H3,(H2,18,23). The van der Waals surface area contributed by atoms with Gasteiger partial charge in [-0.3, -0.25) is 14.3 Å². The number of thioether (sulfide) groups is 1. The fourth-order valence-corrected chi connectivity index (χ4v) is 4.10. The van der Waals surface area contributed by atoms with E-state index in [9.17, 15) is 4.79 Å². The SMILES string of the molecule is CC(Sc1nnc(-c2cccnc2)n1C1CCCCC1C)C(N)=O. The van der Waals surface area contributed by atoms with Gasteiger partial charge in [-0.2, -0.15) is 0 Å². The summed E-state index contributed by atoms with van der Waals surface area (Å²) in [6, 6.07) is 4.23. The lowest BCUT2D eigenvalue weighted by Gasteiger charge is -2.31. The molecule has 24 heavy (non-hydrogen) atoms. The molecule has 0 spiro atoms. The highest BCUT2D eigenvalue weighted by atomic mass is 32.2. The van der Waals surface area contributed by atoms with Crippen molar-refractivity contribution in [2.24, 2.45) is 11.7 Å². The summed E-state index contributed by atoms with van der Waals surface area (Å²) in [7, 11) is 0. The van der Waals surface area contributed by atoms with E-state index in [0.29, 0.717) is 12.0 Å². The summed E-state index contributed by atoms with van der Waals surface area (Å²) in [5.74, 6) is 1.03. The van der Waals surface area contributed by atoms with E-state index < -0.39 is 0 Å². The van der Waals surface area contributed by atoms with Crippen LogP contribution in [0.1, 0.15) is 45.6 Å². The number of hydrogen-bond donors (Lipinski definition) is 1. The van der Waals surface area contributed by atoms with E-state index in [2.05, 4.69) is 26.7 Å². The smallest absolute Gasteiger partial charge is 0.230 e. The molecule has 0 saturated heterocycles. The van der Waals surface area contributed by atoms with Gasteiger partial charge in [-0.05, 0) is 37.8 Å². The Morgan fingerprint density at radius 2 is 2.17 bits per heavy atom. The van der Waals surface area contributed by atoms with E-state index in [0.717, 1.165) is 23.0 Å². The Hall–Kier alpha value is -1.89. The van der Waals surface area contributed by atoms with Crippen LogP contribution in [0.3, 0.4) is 0 Å². The van der Waals surface area contributed by atoms with Gasteiger partial charge < -0.3 is 5.73 Å². The van der Waals surface area contributed by atoms with Crippen molar-refractivity contribution in [1.29, 1.82) is 0 Å². The third-order valence-corrected chi connectivity index (χ3v) is 5.74. The molecule has 1 fully saturated rings. The minimum absolute atomic E-state index is 0.339. The Balaban J connectivity index is 2.03. The topological polar surface area (TPSA) is 86.7 Å². The average molecular weight is 345 g/mol. The number of nitrogens with zero attached hydrogens (tertiary/aromatic N) is 4. The third-order valence-electron chi connectivity index (χ3n) is 4.66. The van der Waals surface area contributed by atoms with Gasteiger partial charge >= 0.3 is 0 Å². The zero-order valence-electron chi connectivity index (χ0n) is 14.1. The molecular formula is C17H23N5OS. The summed E-state index contributed by atoms with van der Waals surface area (Å²) in [5, 5.41) is 9.20. The lowest BCUT2D eigenvalue weighted by molar-refractivity contribution is -0.117. The molecule has 7 heteroatoms. The number of amides is 1. The lowest BCUT2D eigenvalue weighted by Crippen LogP contribution is -2.25. The van der Waals surface area contributed by atoms with Crippen LogP contribution in [0, 0.1) is 5.92 Å². The highest BCUT2D eigenvalue weighted by Crippen LogP contribution is 2.39. The molecule has 128 valence electrons. The Morgan fingerprint density at radius 3 is 2.83 bits per heavy atom. The highest BCUT2D eigenvalue weighted by molar-refractivity contribution is 8.00. The third kappa shape index (κ3) is 3.45. The van der Waals surface area contributed by atoms with E-state index in [1.807, 2.05) is 12.1 Å². The molecule has 3 atom stereocenters. The molecule has 1 saturated carbocycles. The van der Waals surface area contributed by atoms with Crippen molar-refractivity contribution in [1.82, 2.24) is 19.7 Å². The van der Waals surface area contributed by atoms with Gasteiger partial charge in [0.1, 0.15) is 0 Å². The molecule has 3 rings (SSSR count). The summed E-state index contributed by atoms with van der Waals surface area (Å²) in [5.41, 5.74) is 6.38.